The van der Waals surface area contributed by atoms with Gasteiger partial charge in [0, 0.05) is 5.56 Å². The third-order valence-corrected chi connectivity index (χ3v) is 3.11. The second-order valence-corrected chi connectivity index (χ2v) is 4.25. The van der Waals surface area contributed by atoms with E-state index in [-0.39, 0.29) is 5.56 Å². The van der Waals surface area contributed by atoms with Crippen LogP contribution in [0.2, 0.25) is 0 Å². The quantitative estimate of drug-likeness (QED) is 0.543. The Balaban J connectivity index is 2.34. The molecule has 3 rings (SSSR count). The zero-order valence-electron chi connectivity index (χ0n) is 9.83. The van der Waals surface area contributed by atoms with Crippen molar-refractivity contribution in [2.24, 2.45) is 0 Å². The molecule has 3 aromatic carbocycles. The summed E-state index contributed by atoms with van der Waals surface area (Å²) in [7, 11) is 0. The van der Waals surface area contributed by atoms with Crippen LogP contribution in [0.25, 0.3) is 21.9 Å². The Bertz CT molecular complexity index is 758. The third-order valence-electron chi connectivity index (χ3n) is 3.11. The Morgan fingerprint density at radius 1 is 0.579 bits per heavy atom. The standard InChI is InChI=1S/C16H9F3/c17-14-9-8-13(15(18)16(14)19)12-7-3-5-10-4-1-2-6-11(10)12/h1-9H. The fraction of sp³-hybridized carbons (Fsp3) is 0. The fourth-order valence-corrected chi connectivity index (χ4v) is 2.19. The van der Waals surface area contributed by atoms with Crippen LogP contribution < -0.4 is 0 Å². The van der Waals surface area contributed by atoms with Crippen LogP contribution in [0.3, 0.4) is 0 Å². The molecule has 0 radical (unpaired) electrons. The summed E-state index contributed by atoms with van der Waals surface area (Å²) in [6, 6.07) is 14.9. The van der Waals surface area contributed by atoms with E-state index in [0.29, 0.717) is 5.56 Å². The molecule has 0 spiro atoms. The Morgan fingerprint density at radius 2 is 1.32 bits per heavy atom. The average Bonchev–Trinajstić information content (AvgIpc) is 2.45. The number of fused-ring (bicyclic) bond motifs is 1. The van der Waals surface area contributed by atoms with Crippen LogP contribution in [0.4, 0.5) is 13.2 Å². The Kier molecular flexibility index (Phi) is 2.75. The summed E-state index contributed by atoms with van der Waals surface area (Å²) in [5.41, 5.74) is 0.616. The zero-order valence-corrected chi connectivity index (χ0v) is 9.83. The van der Waals surface area contributed by atoms with Crippen LogP contribution in [0.1, 0.15) is 0 Å². The maximum Gasteiger partial charge on any atom is 0.195 e. The SMILES string of the molecule is Fc1ccc(-c2cccc3ccccc23)c(F)c1F. The molecule has 0 N–H and O–H groups in total. The number of rotatable bonds is 1. The lowest BCUT2D eigenvalue weighted by atomic mass is 9.98. The molecule has 3 aromatic rings. The predicted molar refractivity (Wildman–Crippen MR) is 69.3 cm³/mol. The smallest absolute Gasteiger partial charge is 0.195 e. The van der Waals surface area contributed by atoms with Crippen molar-refractivity contribution in [1.29, 1.82) is 0 Å². The van der Waals surface area contributed by atoms with E-state index in [1.807, 2.05) is 30.3 Å². The maximum absolute atomic E-state index is 13.9. The van der Waals surface area contributed by atoms with Crippen LogP contribution >= 0.6 is 0 Å². The topological polar surface area (TPSA) is 0 Å². The van der Waals surface area contributed by atoms with E-state index in [9.17, 15) is 13.2 Å². The van der Waals surface area contributed by atoms with Gasteiger partial charge < -0.3 is 0 Å². The van der Waals surface area contributed by atoms with Crippen LogP contribution in [0.15, 0.2) is 54.6 Å². The number of hydrogen-bond donors (Lipinski definition) is 0. The van der Waals surface area contributed by atoms with Crippen LogP contribution in [0.5, 0.6) is 0 Å². The lowest BCUT2D eigenvalue weighted by Crippen LogP contribution is -1.94. The van der Waals surface area contributed by atoms with Crippen LogP contribution in [-0.2, 0) is 0 Å². The highest BCUT2D eigenvalue weighted by Gasteiger charge is 2.15. The zero-order chi connectivity index (χ0) is 13.4. The van der Waals surface area contributed by atoms with Crippen LogP contribution in [0, 0.1) is 17.5 Å². The van der Waals surface area contributed by atoms with E-state index in [4.69, 9.17) is 0 Å². The van der Waals surface area contributed by atoms with Gasteiger partial charge in [0.15, 0.2) is 17.5 Å². The first-order chi connectivity index (χ1) is 9.18. The Labute approximate surface area is 108 Å². The lowest BCUT2D eigenvalue weighted by Gasteiger charge is -2.08. The van der Waals surface area contributed by atoms with Crippen molar-refractivity contribution in [2.75, 3.05) is 0 Å². The molecule has 3 heteroatoms. The molecule has 0 aliphatic carbocycles. The van der Waals surface area contributed by atoms with Gasteiger partial charge >= 0.3 is 0 Å². The molecule has 0 saturated heterocycles. The van der Waals surface area contributed by atoms with Gasteiger partial charge in [-0.15, -0.1) is 0 Å². The monoisotopic (exact) mass is 258 g/mol. The van der Waals surface area contributed by atoms with Crippen molar-refractivity contribution in [3.05, 3.63) is 72.0 Å². The minimum Gasteiger partial charge on any atom is -0.204 e. The number of halogens is 3. The highest BCUT2D eigenvalue weighted by Crippen LogP contribution is 2.31. The summed E-state index contributed by atoms with van der Waals surface area (Å²) in [6.07, 6.45) is 0. The van der Waals surface area contributed by atoms with E-state index < -0.39 is 17.5 Å². The van der Waals surface area contributed by atoms with Crippen molar-refractivity contribution >= 4 is 10.8 Å². The fourth-order valence-electron chi connectivity index (χ4n) is 2.19. The van der Waals surface area contributed by atoms with Crippen molar-refractivity contribution in [3.8, 4) is 11.1 Å². The summed E-state index contributed by atoms with van der Waals surface area (Å²) < 4.78 is 40.2. The molecule has 0 nitrogen and oxygen atoms in total. The number of benzene rings is 3. The highest BCUT2D eigenvalue weighted by molar-refractivity contribution is 5.96. The van der Waals surface area contributed by atoms with Gasteiger partial charge in [-0.1, -0.05) is 42.5 Å². The molecule has 0 aromatic heterocycles. The van der Waals surface area contributed by atoms with E-state index in [2.05, 4.69) is 0 Å². The van der Waals surface area contributed by atoms with E-state index in [0.717, 1.165) is 16.8 Å². The van der Waals surface area contributed by atoms with E-state index in [1.165, 1.54) is 6.07 Å². The third kappa shape index (κ3) is 1.87. The van der Waals surface area contributed by atoms with Crippen molar-refractivity contribution in [3.63, 3.8) is 0 Å². The van der Waals surface area contributed by atoms with Gasteiger partial charge in [0.1, 0.15) is 0 Å². The summed E-state index contributed by atoms with van der Waals surface area (Å²) >= 11 is 0. The predicted octanol–water partition coefficient (Wildman–Crippen LogP) is 4.92. The minimum absolute atomic E-state index is 0.0655. The molecular formula is C16H9F3. The molecule has 19 heavy (non-hydrogen) atoms. The summed E-state index contributed by atoms with van der Waals surface area (Å²) in [5, 5.41) is 1.72. The normalized spacial score (nSPS) is 10.9. The molecule has 0 fully saturated rings. The maximum atomic E-state index is 13.9. The summed E-state index contributed by atoms with van der Waals surface area (Å²) in [4.78, 5) is 0. The molecule has 0 aliphatic rings. The van der Waals surface area contributed by atoms with Gasteiger partial charge in [0.25, 0.3) is 0 Å². The first-order valence-electron chi connectivity index (χ1n) is 5.80. The van der Waals surface area contributed by atoms with Crippen molar-refractivity contribution < 1.29 is 13.2 Å². The van der Waals surface area contributed by atoms with Gasteiger partial charge in [0.05, 0.1) is 0 Å². The van der Waals surface area contributed by atoms with Gasteiger partial charge in [-0.05, 0) is 28.5 Å². The molecule has 0 saturated carbocycles. The molecule has 0 unspecified atom stereocenters. The first kappa shape index (κ1) is 11.8. The highest BCUT2D eigenvalue weighted by atomic mass is 19.2. The molecule has 0 heterocycles. The Morgan fingerprint density at radius 3 is 2.16 bits per heavy atom. The average molecular weight is 258 g/mol. The van der Waals surface area contributed by atoms with Gasteiger partial charge in [-0.2, -0.15) is 0 Å². The summed E-state index contributed by atoms with van der Waals surface area (Å²) in [5.74, 6) is -3.77. The van der Waals surface area contributed by atoms with E-state index >= 15 is 0 Å². The van der Waals surface area contributed by atoms with Crippen molar-refractivity contribution in [2.45, 2.75) is 0 Å². The summed E-state index contributed by atoms with van der Waals surface area (Å²) in [6.45, 7) is 0. The molecule has 0 amide bonds. The second-order valence-electron chi connectivity index (χ2n) is 4.25. The minimum atomic E-state index is -1.44. The second kappa shape index (κ2) is 4.43. The molecule has 0 aliphatic heterocycles. The van der Waals surface area contributed by atoms with Crippen LogP contribution in [-0.4, -0.2) is 0 Å². The van der Waals surface area contributed by atoms with Gasteiger partial charge in [-0.3, -0.25) is 0 Å². The largest absolute Gasteiger partial charge is 0.204 e. The van der Waals surface area contributed by atoms with E-state index in [1.54, 1.807) is 12.1 Å². The molecule has 0 bridgehead atoms. The first-order valence-corrected chi connectivity index (χ1v) is 5.80. The Hall–Kier alpha value is -2.29. The van der Waals surface area contributed by atoms with Crippen molar-refractivity contribution in [1.82, 2.24) is 0 Å². The molecule has 94 valence electrons. The van der Waals surface area contributed by atoms with Gasteiger partial charge in [-0.25, -0.2) is 13.2 Å². The molecular weight excluding hydrogens is 249 g/mol. The van der Waals surface area contributed by atoms with Gasteiger partial charge in [0.2, 0.25) is 0 Å². The lowest BCUT2D eigenvalue weighted by molar-refractivity contribution is 0.449. The molecule has 0 atom stereocenters. The number of hydrogen-bond acceptors (Lipinski definition) is 0.